The number of nitrogens with zero attached hydrogens (tertiary/aromatic N) is 2. The molecule has 0 radical (unpaired) electrons. The molecule has 8 heteroatoms. The van der Waals surface area contributed by atoms with Crippen molar-refractivity contribution in [3.8, 4) is 5.75 Å². The highest BCUT2D eigenvalue weighted by molar-refractivity contribution is 7.89. The summed E-state index contributed by atoms with van der Waals surface area (Å²) in [5.74, 6) is 0.0323. The summed E-state index contributed by atoms with van der Waals surface area (Å²) >= 11 is 0. The minimum Gasteiger partial charge on any atom is -0.479 e. The SMILES string of the molecule is CCN(CC)S(=O)(=O)c1ccc(O[C@@H](C)c2ccccc2)c([N+](=O)[O-])c1. The molecule has 2 aromatic carbocycles. The van der Waals surface area contributed by atoms with Gasteiger partial charge in [0.05, 0.1) is 9.82 Å². The predicted molar refractivity (Wildman–Crippen MR) is 98.7 cm³/mol. The van der Waals surface area contributed by atoms with Crippen molar-refractivity contribution in [1.82, 2.24) is 4.31 Å². The first-order valence-corrected chi connectivity index (χ1v) is 9.75. The number of ether oxygens (including phenoxy) is 1. The van der Waals surface area contributed by atoms with Gasteiger partial charge in [0.25, 0.3) is 0 Å². The largest absolute Gasteiger partial charge is 0.479 e. The predicted octanol–water partition coefficient (Wildman–Crippen LogP) is 3.77. The lowest BCUT2D eigenvalue weighted by atomic mass is 10.1. The zero-order valence-electron chi connectivity index (χ0n) is 15.0. The Morgan fingerprint density at radius 1 is 1.12 bits per heavy atom. The Morgan fingerprint density at radius 3 is 2.27 bits per heavy atom. The molecule has 2 rings (SSSR count). The van der Waals surface area contributed by atoms with Crippen molar-refractivity contribution in [2.45, 2.75) is 31.8 Å². The third-order valence-electron chi connectivity index (χ3n) is 4.04. The van der Waals surface area contributed by atoms with Crippen LogP contribution in [0, 0.1) is 10.1 Å². The van der Waals surface area contributed by atoms with E-state index in [2.05, 4.69) is 0 Å². The molecule has 2 aromatic rings. The molecule has 0 N–H and O–H groups in total. The Bertz CT molecular complexity index is 864. The second kappa shape index (κ2) is 8.29. The summed E-state index contributed by atoms with van der Waals surface area (Å²) in [7, 11) is -3.78. The van der Waals surface area contributed by atoms with Gasteiger partial charge in [-0.25, -0.2) is 8.42 Å². The minimum absolute atomic E-state index is 0.0323. The zero-order valence-corrected chi connectivity index (χ0v) is 15.8. The Morgan fingerprint density at radius 2 is 1.73 bits per heavy atom. The molecule has 0 aliphatic heterocycles. The van der Waals surface area contributed by atoms with Gasteiger partial charge in [-0.1, -0.05) is 44.2 Å². The molecule has 0 saturated carbocycles. The fourth-order valence-corrected chi connectivity index (χ4v) is 4.07. The number of sulfonamides is 1. The first-order chi connectivity index (χ1) is 12.3. The van der Waals surface area contributed by atoms with Gasteiger partial charge in [-0.05, 0) is 24.6 Å². The van der Waals surface area contributed by atoms with E-state index in [0.717, 1.165) is 11.6 Å². The molecule has 0 fully saturated rings. The van der Waals surface area contributed by atoms with Crippen LogP contribution in [0.5, 0.6) is 5.75 Å². The molecule has 1 atom stereocenters. The van der Waals surface area contributed by atoms with Crippen molar-refractivity contribution in [3.63, 3.8) is 0 Å². The average Bonchev–Trinajstić information content (AvgIpc) is 2.63. The summed E-state index contributed by atoms with van der Waals surface area (Å²) in [6, 6.07) is 13.0. The van der Waals surface area contributed by atoms with Crippen molar-refractivity contribution in [1.29, 1.82) is 0 Å². The van der Waals surface area contributed by atoms with Crippen LogP contribution in [0.25, 0.3) is 0 Å². The Kier molecular flexibility index (Phi) is 6.33. The van der Waals surface area contributed by atoms with Crippen molar-refractivity contribution in [3.05, 3.63) is 64.2 Å². The lowest BCUT2D eigenvalue weighted by molar-refractivity contribution is -0.386. The number of hydrogen-bond donors (Lipinski definition) is 0. The summed E-state index contributed by atoms with van der Waals surface area (Å²) in [6.07, 6.45) is -0.417. The lowest BCUT2D eigenvalue weighted by Gasteiger charge is -2.19. The smallest absolute Gasteiger partial charge is 0.312 e. The topological polar surface area (TPSA) is 89.8 Å². The van der Waals surface area contributed by atoms with Crippen LogP contribution < -0.4 is 4.74 Å². The van der Waals surface area contributed by atoms with E-state index in [1.165, 1.54) is 16.4 Å². The summed E-state index contributed by atoms with van der Waals surface area (Å²) in [5, 5.41) is 11.4. The number of rotatable bonds is 8. The van der Waals surface area contributed by atoms with Crippen molar-refractivity contribution < 1.29 is 18.1 Å². The number of nitro groups is 1. The van der Waals surface area contributed by atoms with Crippen LogP contribution in [-0.2, 0) is 10.0 Å². The fraction of sp³-hybridized carbons (Fsp3) is 0.333. The third-order valence-corrected chi connectivity index (χ3v) is 6.09. The Balaban J connectivity index is 2.40. The van der Waals surface area contributed by atoms with Gasteiger partial charge in [0.1, 0.15) is 6.10 Å². The van der Waals surface area contributed by atoms with E-state index < -0.39 is 21.1 Å². The van der Waals surface area contributed by atoms with E-state index in [1.54, 1.807) is 20.8 Å². The zero-order chi connectivity index (χ0) is 19.3. The molecule has 0 spiro atoms. The number of nitro benzene ring substituents is 1. The molecule has 0 bridgehead atoms. The fourth-order valence-electron chi connectivity index (χ4n) is 2.60. The van der Waals surface area contributed by atoms with Crippen LogP contribution in [-0.4, -0.2) is 30.7 Å². The summed E-state index contributed by atoms with van der Waals surface area (Å²) in [6.45, 7) is 5.79. The van der Waals surface area contributed by atoms with Gasteiger partial charge in [0.2, 0.25) is 10.0 Å². The second-order valence-electron chi connectivity index (χ2n) is 5.65. The first-order valence-electron chi connectivity index (χ1n) is 8.31. The van der Waals surface area contributed by atoms with E-state index in [-0.39, 0.29) is 29.4 Å². The van der Waals surface area contributed by atoms with Gasteiger partial charge in [0.15, 0.2) is 5.75 Å². The molecule has 0 aliphatic rings. The van der Waals surface area contributed by atoms with Gasteiger partial charge in [-0.2, -0.15) is 4.31 Å². The second-order valence-corrected chi connectivity index (χ2v) is 7.58. The number of hydrogen-bond acceptors (Lipinski definition) is 5. The molecular formula is C18H22N2O5S. The van der Waals surface area contributed by atoms with E-state index in [1.807, 2.05) is 30.3 Å². The van der Waals surface area contributed by atoms with E-state index in [9.17, 15) is 18.5 Å². The average molecular weight is 378 g/mol. The Hall–Kier alpha value is -2.45. The molecule has 0 aromatic heterocycles. The molecule has 26 heavy (non-hydrogen) atoms. The van der Waals surface area contributed by atoms with Crippen LogP contribution in [0.1, 0.15) is 32.4 Å². The van der Waals surface area contributed by atoms with E-state index in [4.69, 9.17) is 4.74 Å². The lowest BCUT2D eigenvalue weighted by Crippen LogP contribution is -2.30. The van der Waals surface area contributed by atoms with Crippen LogP contribution in [0.2, 0.25) is 0 Å². The van der Waals surface area contributed by atoms with Gasteiger partial charge in [0, 0.05) is 19.2 Å². The highest BCUT2D eigenvalue weighted by Gasteiger charge is 2.27. The molecule has 0 aliphatic carbocycles. The molecule has 140 valence electrons. The van der Waals surface area contributed by atoms with Crippen molar-refractivity contribution in [2.24, 2.45) is 0 Å². The standard InChI is InChI=1S/C18H22N2O5S/c1-4-19(5-2)26(23,24)16-11-12-18(17(13-16)20(21)22)25-14(3)15-9-7-6-8-10-15/h6-14H,4-5H2,1-3H3/t14-/m0/s1. The Labute approximate surface area is 153 Å². The monoisotopic (exact) mass is 378 g/mol. The molecular weight excluding hydrogens is 356 g/mol. The summed E-state index contributed by atoms with van der Waals surface area (Å²) in [5.41, 5.74) is 0.489. The van der Waals surface area contributed by atoms with Crippen molar-refractivity contribution in [2.75, 3.05) is 13.1 Å². The maximum absolute atomic E-state index is 12.6. The van der Waals surface area contributed by atoms with Crippen LogP contribution in [0.3, 0.4) is 0 Å². The summed E-state index contributed by atoms with van der Waals surface area (Å²) < 4.78 is 32.1. The third kappa shape index (κ3) is 4.20. The minimum atomic E-state index is -3.78. The van der Waals surface area contributed by atoms with Crippen LogP contribution >= 0.6 is 0 Å². The van der Waals surface area contributed by atoms with Gasteiger partial charge in [-0.15, -0.1) is 0 Å². The molecule has 0 heterocycles. The molecule has 0 unspecified atom stereocenters. The maximum atomic E-state index is 12.6. The van der Waals surface area contributed by atoms with Gasteiger partial charge < -0.3 is 4.74 Å². The molecule has 0 saturated heterocycles. The summed E-state index contributed by atoms with van der Waals surface area (Å²) in [4.78, 5) is 10.7. The van der Waals surface area contributed by atoms with E-state index >= 15 is 0 Å². The normalized spacial score (nSPS) is 12.8. The van der Waals surface area contributed by atoms with Crippen LogP contribution in [0.15, 0.2) is 53.4 Å². The van der Waals surface area contributed by atoms with Gasteiger partial charge in [-0.3, -0.25) is 10.1 Å². The van der Waals surface area contributed by atoms with E-state index in [0.29, 0.717) is 0 Å². The van der Waals surface area contributed by atoms with Crippen molar-refractivity contribution >= 4 is 15.7 Å². The highest BCUT2D eigenvalue weighted by atomic mass is 32.2. The molecule has 7 nitrogen and oxygen atoms in total. The van der Waals surface area contributed by atoms with Crippen LogP contribution in [0.4, 0.5) is 5.69 Å². The highest BCUT2D eigenvalue weighted by Crippen LogP contribution is 2.33. The van der Waals surface area contributed by atoms with Gasteiger partial charge >= 0.3 is 5.69 Å². The number of benzene rings is 2. The first kappa shape index (κ1) is 19.9. The quantitative estimate of drug-likeness (QED) is 0.515. The maximum Gasteiger partial charge on any atom is 0.312 e. The molecule has 0 amide bonds.